The number of aliphatic hydroxyl groups is 1. The Kier molecular flexibility index (Phi) is 3.81. The lowest BCUT2D eigenvalue weighted by Gasteiger charge is -2.28. The fourth-order valence-electron chi connectivity index (χ4n) is 2.15. The van der Waals surface area contributed by atoms with Crippen LogP contribution in [0.2, 0.25) is 0 Å². The number of anilines is 1. The van der Waals surface area contributed by atoms with Crippen LogP contribution in [0, 0.1) is 5.82 Å². The third kappa shape index (κ3) is 2.74. The molecule has 0 aliphatic heterocycles. The van der Waals surface area contributed by atoms with Crippen LogP contribution in [0.25, 0.3) is 0 Å². The Morgan fingerprint density at radius 2 is 2.05 bits per heavy atom. The van der Waals surface area contributed by atoms with Gasteiger partial charge in [0.05, 0.1) is 5.60 Å². The molecule has 1 aromatic carbocycles. The summed E-state index contributed by atoms with van der Waals surface area (Å²) in [5.41, 5.74) is 6.14. The first kappa shape index (κ1) is 13.5. The normalized spacial score (nSPS) is 14.1. The molecular weight excluding hydrogens is 243 g/mol. The van der Waals surface area contributed by atoms with E-state index >= 15 is 0 Å². The predicted octanol–water partition coefficient (Wildman–Crippen LogP) is 2.64. The monoisotopic (exact) mass is 260 g/mol. The molecule has 0 aliphatic carbocycles. The zero-order valence-corrected chi connectivity index (χ0v) is 10.8. The van der Waals surface area contributed by atoms with Crippen LogP contribution < -0.4 is 5.73 Å². The third-order valence-electron chi connectivity index (χ3n) is 3.38. The van der Waals surface area contributed by atoms with E-state index in [2.05, 4.69) is 4.98 Å². The van der Waals surface area contributed by atoms with Crippen molar-refractivity contribution in [2.24, 2.45) is 0 Å². The molecule has 0 radical (unpaired) electrons. The molecule has 0 saturated carbocycles. The van der Waals surface area contributed by atoms with Crippen molar-refractivity contribution in [1.82, 2.24) is 4.98 Å². The van der Waals surface area contributed by atoms with E-state index in [1.165, 1.54) is 6.07 Å². The molecular formula is C15H17FN2O. The van der Waals surface area contributed by atoms with Gasteiger partial charge in [0.25, 0.3) is 0 Å². The predicted molar refractivity (Wildman–Crippen MR) is 72.9 cm³/mol. The molecule has 1 atom stereocenters. The summed E-state index contributed by atoms with van der Waals surface area (Å²) in [5, 5.41) is 10.7. The van der Waals surface area contributed by atoms with Crippen LogP contribution in [0.4, 0.5) is 10.1 Å². The topological polar surface area (TPSA) is 59.1 Å². The van der Waals surface area contributed by atoms with Crippen LogP contribution in [-0.2, 0) is 12.0 Å². The summed E-state index contributed by atoms with van der Waals surface area (Å²) in [7, 11) is 0. The van der Waals surface area contributed by atoms with Crippen molar-refractivity contribution in [2.75, 3.05) is 5.73 Å². The van der Waals surface area contributed by atoms with Crippen molar-refractivity contribution in [1.29, 1.82) is 0 Å². The molecule has 3 N–H and O–H groups in total. The molecule has 0 spiro atoms. The lowest BCUT2D eigenvalue weighted by atomic mass is 9.85. The maximum Gasteiger partial charge on any atom is 0.129 e. The highest BCUT2D eigenvalue weighted by Crippen LogP contribution is 2.32. The fraction of sp³-hybridized carbons (Fsp3) is 0.267. The molecule has 3 nitrogen and oxygen atoms in total. The number of benzene rings is 1. The maximum absolute atomic E-state index is 13.9. The highest BCUT2D eigenvalue weighted by molar-refractivity contribution is 5.45. The number of nitrogens with zero attached hydrogens (tertiary/aromatic N) is 1. The second-order valence-corrected chi connectivity index (χ2v) is 4.62. The number of hydrogen-bond acceptors (Lipinski definition) is 3. The molecule has 0 saturated heterocycles. The van der Waals surface area contributed by atoms with Crippen LogP contribution in [0.1, 0.15) is 24.5 Å². The minimum absolute atomic E-state index is 0.240. The summed E-state index contributed by atoms with van der Waals surface area (Å²) in [6.07, 6.45) is 3.83. The molecule has 2 aromatic rings. The Hall–Kier alpha value is -1.94. The van der Waals surface area contributed by atoms with Crippen molar-refractivity contribution < 1.29 is 9.50 Å². The number of pyridine rings is 1. The molecule has 0 bridgehead atoms. The van der Waals surface area contributed by atoms with Crippen molar-refractivity contribution >= 4 is 5.69 Å². The van der Waals surface area contributed by atoms with Gasteiger partial charge in [-0.2, -0.15) is 0 Å². The number of aromatic nitrogens is 1. The minimum atomic E-state index is -1.28. The van der Waals surface area contributed by atoms with Crippen LogP contribution in [0.3, 0.4) is 0 Å². The summed E-state index contributed by atoms with van der Waals surface area (Å²) in [4.78, 5) is 4.00. The standard InChI is InChI=1S/C15H17FN2O/c1-2-15(19,12-5-3-4-6-13(12)16)9-11-10-18-8-7-14(11)17/h3-8,10,19H,2,9H2,1H3,(H2,17,18). The number of halogens is 1. The summed E-state index contributed by atoms with van der Waals surface area (Å²) in [5.74, 6) is -0.408. The van der Waals surface area contributed by atoms with Crippen molar-refractivity contribution in [3.8, 4) is 0 Å². The summed E-state index contributed by atoms with van der Waals surface area (Å²) < 4.78 is 13.9. The lowest BCUT2D eigenvalue weighted by molar-refractivity contribution is 0.0292. The second-order valence-electron chi connectivity index (χ2n) is 4.62. The minimum Gasteiger partial charge on any atom is -0.398 e. The molecule has 4 heteroatoms. The summed E-state index contributed by atoms with van der Waals surface area (Å²) in [6.45, 7) is 1.82. The van der Waals surface area contributed by atoms with E-state index in [0.717, 1.165) is 5.56 Å². The molecule has 19 heavy (non-hydrogen) atoms. The first-order chi connectivity index (χ1) is 9.07. The van der Waals surface area contributed by atoms with E-state index in [1.807, 2.05) is 6.92 Å². The Bertz CT molecular complexity index is 574. The smallest absolute Gasteiger partial charge is 0.129 e. The van der Waals surface area contributed by atoms with Crippen molar-refractivity contribution in [2.45, 2.75) is 25.4 Å². The van der Waals surface area contributed by atoms with Crippen LogP contribution in [-0.4, -0.2) is 10.1 Å². The third-order valence-corrected chi connectivity index (χ3v) is 3.38. The fourth-order valence-corrected chi connectivity index (χ4v) is 2.15. The van der Waals surface area contributed by atoms with Crippen LogP contribution >= 0.6 is 0 Å². The van der Waals surface area contributed by atoms with E-state index < -0.39 is 11.4 Å². The van der Waals surface area contributed by atoms with Gasteiger partial charge in [0.15, 0.2) is 0 Å². The van der Waals surface area contributed by atoms with Crippen LogP contribution in [0.15, 0.2) is 42.7 Å². The molecule has 0 amide bonds. The van der Waals surface area contributed by atoms with E-state index in [-0.39, 0.29) is 6.42 Å². The Balaban J connectivity index is 2.39. The van der Waals surface area contributed by atoms with Gasteiger partial charge in [0, 0.05) is 30.1 Å². The Morgan fingerprint density at radius 1 is 1.32 bits per heavy atom. The van der Waals surface area contributed by atoms with E-state index in [9.17, 15) is 9.50 Å². The molecule has 0 fully saturated rings. The highest BCUT2D eigenvalue weighted by atomic mass is 19.1. The molecule has 1 unspecified atom stereocenters. The van der Waals surface area contributed by atoms with Gasteiger partial charge in [0.1, 0.15) is 5.82 Å². The van der Waals surface area contributed by atoms with Gasteiger partial charge in [0.2, 0.25) is 0 Å². The van der Waals surface area contributed by atoms with E-state index in [1.54, 1.807) is 36.7 Å². The first-order valence-electron chi connectivity index (χ1n) is 6.22. The van der Waals surface area contributed by atoms with Gasteiger partial charge in [-0.05, 0) is 24.1 Å². The van der Waals surface area contributed by atoms with Crippen LogP contribution in [0.5, 0.6) is 0 Å². The van der Waals surface area contributed by atoms with Gasteiger partial charge >= 0.3 is 0 Å². The van der Waals surface area contributed by atoms with Crippen molar-refractivity contribution in [3.63, 3.8) is 0 Å². The maximum atomic E-state index is 13.9. The first-order valence-corrected chi connectivity index (χ1v) is 6.22. The average molecular weight is 260 g/mol. The number of rotatable bonds is 4. The zero-order valence-electron chi connectivity index (χ0n) is 10.8. The van der Waals surface area contributed by atoms with E-state index in [0.29, 0.717) is 17.7 Å². The zero-order chi connectivity index (χ0) is 13.9. The molecule has 0 aliphatic rings. The largest absolute Gasteiger partial charge is 0.398 e. The Morgan fingerprint density at radius 3 is 2.68 bits per heavy atom. The number of nitrogen functional groups attached to an aromatic ring is 1. The highest BCUT2D eigenvalue weighted by Gasteiger charge is 2.30. The number of nitrogens with two attached hydrogens (primary N) is 1. The van der Waals surface area contributed by atoms with Crippen molar-refractivity contribution in [3.05, 3.63) is 59.7 Å². The molecule has 1 aromatic heterocycles. The van der Waals surface area contributed by atoms with Gasteiger partial charge in [-0.3, -0.25) is 4.98 Å². The van der Waals surface area contributed by atoms with Gasteiger partial charge in [-0.25, -0.2) is 4.39 Å². The summed E-state index contributed by atoms with van der Waals surface area (Å²) in [6, 6.07) is 7.94. The lowest BCUT2D eigenvalue weighted by Crippen LogP contribution is -2.29. The van der Waals surface area contributed by atoms with Gasteiger partial charge in [-0.1, -0.05) is 25.1 Å². The average Bonchev–Trinajstić information content (AvgIpc) is 2.42. The molecule has 2 rings (SSSR count). The Labute approximate surface area is 111 Å². The van der Waals surface area contributed by atoms with Gasteiger partial charge < -0.3 is 10.8 Å². The quantitative estimate of drug-likeness (QED) is 0.888. The van der Waals surface area contributed by atoms with Gasteiger partial charge in [-0.15, -0.1) is 0 Å². The number of hydrogen-bond donors (Lipinski definition) is 2. The SMILES string of the molecule is CCC(O)(Cc1cnccc1N)c1ccccc1F. The molecule has 100 valence electrons. The van der Waals surface area contributed by atoms with E-state index in [4.69, 9.17) is 5.73 Å². The summed E-state index contributed by atoms with van der Waals surface area (Å²) >= 11 is 0. The second kappa shape index (κ2) is 5.36. The molecule has 1 heterocycles.